The average molecular weight is 653 g/mol. The van der Waals surface area contributed by atoms with Crippen molar-refractivity contribution in [1.82, 2.24) is 0 Å². The molecule has 47 heavy (non-hydrogen) atoms. The Morgan fingerprint density at radius 1 is 0.596 bits per heavy atom. The highest BCUT2D eigenvalue weighted by molar-refractivity contribution is 6.69. The topological polar surface area (TPSA) is 104 Å². The smallest absolute Gasteiger partial charge is 0.339 e. The summed E-state index contributed by atoms with van der Waals surface area (Å²) >= 11 is 5.72. The van der Waals surface area contributed by atoms with Crippen LogP contribution in [0, 0.1) is 0 Å². The summed E-state index contributed by atoms with van der Waals surface area (Å²) in [5.74, 6) is -0.345. The van der Waals surface area contributed by atoms with Gasteiger partial charge in [0.15, 0.2) is 0 Å². The van der Waals surface area contributed by atoms with E-state index in [4.69, 9.17) is 26.6 Å². The van der Waals surface area contributed by atoms with E-state index in [1.807, 2.05) is 97.1 Å². The van der Waals surface area contributed by atoms with E-state index in [-0.39, 0.29) is 19.2 Å². The summed E-state index contributed by atoms with van der Waals surface area (Å²) in [5, 5.41) is 34.1. The number of aliphatic hydroxyl groups excluding tert-OH is 1. The van der Waals surface area contributed by atoms with Gasteiger partial charge in [0.2, 0.25) is 0 Å². The molecule has 7 heteroatoms. The van der Waals surface area contributed by atoms with Crippen molar-refractivity contribution in [2.75, 3.05) is 13.2 Å². The molecule has 0 unspecified atom stereocenters. The first-order valence-electron chi connectivity index (χ1n) is 15.5. The number of carbonyl (C=O) groups excluding carboxylic acids is 2. The summed E-state index contributed by atoms with van der Waals surface area (Å²) in [7, 11) is 0. The molecule has 0 amide bonds. The number of esters is 1. The van der Waals surface area contributed by atoms with Crippen LogP contribution in [0.4, 0.5) is 0 Å². The summed E-state index contributed by atoms with van der Waals surface area (Å²) in [5.41, 5.74) is -0.356. The summed E-state index contributed by atoms with van der Waals surface area (Å²) in [6.07, 6.45) is 0.856. The van der Waals surface area contributed by atoms with Gasteiger partial charge in [-0.05, 0) is 101 Å². The standard InChI is InChI=1S/C20H20O3.C15H9ClO.C5H12O2/c1-20(2,22)11-12-23-19(21)18-16-9-5-3-7-14(16)13-15-8-4-6-10-17(15)18;16-15(17)14-12-7-3-1-5-10(12)9-11-6-2-4-8-13(11)14;1-5(2,7)3-4-6/h3-10,13,22H,11-12H2,1-2H3;1-9H;6-7H,3-4H2,1-2H3. The fraction of sp³-hybridized carbons (Fsp3) is 0.250. The molecule has 0 aliphatic carbocycles. The maximum Gasteiger partial charge on any atom is 0.339 e. The zero-order valence-corrected chi connectivity index (χ0v) is 27.9. The van der Waals surface area contributed by atoms with E-state index in [1.54, 1.807) is 27.7 Å². The quantitative estimate of drug-likeness (QED) is 0.0904. The number of carbonyl (C=O) groups is 2. The van der Waals surface area contributed by atoms with Crippen molar-refractivity contribution in [2.45, 2.75) is 51.7 Å². The van der Waals surface area contributed by atoms with Gasteiger partial charge in [0.1, 0.15) is 0 Å². The molecule has 0 aliphatic rings. The first kappa shape index (κ1) is 35.5. The highest BCUT2D eigenvalue weighted by atomic mass is 35.5. The minimum atomic E-state index is -0.846. The van der Waals surface area contributed by atoms with Crippen LogP contribution in [0.3, 0.4) is 0 Å². The zero-order chi connectivity index (χ0) is 34.2. The molecule has 0 atom stereocenters. The van der Waals surface area contributed by atoms with Crippen molar-refractivity contribution < 1.29 is 29.6 Å². The predicted molar refractivity (Wildman–Crippen MR) is 192 cm³/mol. The van der Waals surface area contributed by atoms with Gasteiger partial charge in [-0.2, -0.15) is 0 Å². The second-order valence-electron chi connectivity index (χ2n) is 12.6. The number of fused-ring (bicyclic) bond motifs is 4. The fourth-order valence-corrected chi connectivity index (χ4v) is 5.40. The Morgan fingerprint density at radius 3 is 1.23 bits per heavy atom. The van der Waals surface area contributed by atoms with Crippen LogP contribution in [0.25, 0.3) is 43.1 Å². The highest BCUT2D eigenvalue weighted by Gasteiger charge is 2.18. The summed E-state index contributed by atoms with van der Waals surface area (Å²) < 4.78 is 5.42. The summed E-state index contributed by atoms with van der Waals surface area (Å²) in [6, 6.07) is 35.4. The van der Waals surface area contributed by atoms with E-state index in [9.17, 15) is 14.7 Å². The molecular weight excluding hydrogens is 612 g/mol. The SMILES string of the molecule is CC(C)(O)CCO.CC(C)(O)CCOC(=O)c1c2ccccc2cc2ccccc12.O=C(Cl)c1c2ccccc2cc2ccccc12. The average Bonchev–Trinajstić information content (AvgIpc) is 3.01. The van der Waals surface area contributed by atoms with Crippen LogP contribution in [0.2, 0.25) is 0 Å². The van der Waals surface area contributed by atoms with Crippen LogP contribution in [0.5, 0.6) is 0 Å². The molecule has 0 spiro atoms. The lowest BCUT2D eigenvalue weighted by atomic mass is 9.97. The second-order valence-corrected chi connectivity index (χ2v) is 13.0. The van der Waals surface area contributed by atoms with Gasteiger partial charge in [-0.3, -0.25) is 4.79 Å². The Balaban J connectivity index is 0.000000182. The lowest BCUT2D eigenvalue weighted by Crippen LogP contribution is -2.22. The van der Waals surface area contributed by atoms with E-state index in [1.165, 1.54) is 0 Å². The van der Waals surface area contributed by atoms with Gasteiger partial charge < -0.3 is 20.1 Å². The number of hydrogen-bond donors (Lipinski definition) is 3. The van der Waals surface area contributed by atoms with E-state index in [0.29, 0.717) is 24.0 Å². The lowest BCUT2D eigenvalue weighted by molar-refractivity contribution is 0.0246. The molecule has 3 N–H and O–H groups in total. The molecule has 244 valence electrons. The number of aliphatic hydroxyl groups is 3. The molecule has 6 nitrogen and oxygen atoms in total. The maximum absolute atomic E-state index is 12.7. The molecule has 0 radical (unpaired) electrons. The molecular formula is C40H41ClO6. The minimum Gasteiger partial charge on any atom is -0.462 e. The van der Waals surface area contributed by atoms with Crippen LogP contribution in [-0.2, 0) is 4.74 Å². The maximum atomic E-state index is 12.7. The van der Waals surface area contributed by atoms with Crippen LogP contribution in [0.1, 0.15) is 61.3 Å². The van der Waals surface area contributed by atoms with Gasteiger partial charge in [0.25, 0.3) is 5.24 Å². The number of rotatable bonds is 7. The Bertz CT molecular complexity index is 1890. The Morgan fingerprint density at radius 2 is 0.936 bits per heavy atom. The van der Waals surface area contributed by atoms with Crippen LogP contribution in [-0.4, -0.2) is 50.9 Å². The summed E-state index contributed by atoms with van der Waals surface area (Å²) in [4.78, 5) is 24.3. The van der Waals surface area contributed by atoms with E-state index >= 15 is 0 Å². The minimum absolute atomic E-state index is 0.0590. The van der Waals surface area contributed by atoms with Crippen molar-refractivity contribution >= 4 is 65.9 Å². The molecule has 6 aromatic carbocycles. The van der Waals surface area contributed by atoms with E-state index in [2.05, 4.69) is 12.1 Å². The molecule has 0 heterocycles. The van der Waals surface area contributed by atoms with Crippen LogP contribution >= 0.6 is 11.6 Å². The predicted octanol–water partition coefficient (Wildman–Crippen LogP) is 8.82. The number of ether oxygens (including phenoxy) is 1. The van der Waals surface area contributed by atoms with Crippen molar-refractivity contribution in [3.05, 3.63) is 120 Å². The summed E-state index contributed by atoms with van der Waals surface area (Å²) in [6.45, 7) is 7.00. The molecule has 6 aromatic rings. The Kier molecular flexibility index (Phi) is 11.7. The molecule has 0 fully saturated rings. The van der Waals surface area contributed by atoms with Crippen molar-refractivity contribution in [2.24, 2.45) is 0 Å². The number of hydrogen-bond acceptors (Lipinski definition) is 6. The van der Waals surface area contributed by atoms with Gasteiger partial charge in [-0.25, -0.2) is 4.79 Å². The van der Waals surface area contributed by atoms with Gasteiger partial charge in [-0.15, -0.1) is 0 Å². The van der Waals surface area contributed by atoms with Gasteiger partial charge >= 0.3 is 5.97 Å². The Hall–Kier alpha value is -4.33. The van der Waals surface area contributed by atoms with Crippen molar-refractivity contribution in [3.63, 3.8) is 0 Å². The number of halogens is 1. The van der Waals surface area contributed by atoms with Gasteiger partial charge in [0, 0.05) is 18.6 Å². The monoisotopic (exact) mass is 652 g/mol. The number of benzene rings is 6. The third-order valence-corrected chi connectivity index (χ3v) is 7.80. The van der Waals surface area contributed by atoms with Crippen LogP contribution in [0.15, 0.2) is 109 Å². The fourth-order valence-electron chi connectivity index (χ4n) is 5.20. The molecule has 0 saturated heterocycles. The van der Waals surface area contributed by atoms with Crippen molar-refractivity contribution in [1.29, 1.82) is 0 Å². The van der Waals surface area contributed by atoms with Gasteiger partial charge in [0.05, 0.1) is 23.4 Å². The molecule has 6 rings (SSSR count). The molecule has 0 bridgehead atoms. The third-order valence-electron chi connectivity index (χ3n) is 7.61. The first-order chi connectivity index (χ1) is 22.3. The highest BCUT2D eigenvalue weighted by Crippen LogP contribution is 2.30. The lowest BCUT2D eigenvalue weighted by Gasteiger charge is -2.17. The van der Waals surface area contributed by atoms with Crippen molar-refractivity contribution in [3.8, 4) is 0 Å². The van der Waals surface area contributed by atoms with Gasteiger partial charge in [-0.1, -0.05) is 97.1 Å². The molecule has 0 aliphatic heterocycles. The van der Waals surface area contributed by atoms with Crippen LogP contribution < -0.4 is 0 Å². The van der Waals surface area contributed by atoms with E-state index in [0.717, 1.165) is 43.1 Å². The first-order valence-corrected chi connectivity index (χ1v) is 15.9. The third kappa shape index (κ3) is 9.60. The largest absolute Gasteiger partial charge is 0.462 e. The van der Waals surface area contributed by atoms with E-state index < -0.39 is 16.4 Å². The molecule has 0 saturated carbocycles. The second kappa shape index (κ2) is 15.5. The normalized spacial score (nSPS) is 11.5. The molecule has 0 aromatic heterocycles. The Labute approximate surface area is 280 Å². The zero-order valence-electron chi connectivity index (χ0n) is 27.2.